The fourth-order valence-corrected chi connectivity index (χ4v) is 7.38. The number of ether oxygens (including phenoxy) is 2. The Labute approximate surface area is 207 Å². The number of fused-ring (bicyclic) bond motifs is 3. The fraction of sp³-hybridized carbons (Fsp3) is 0.607. The highest BCUT2D eigenvalue weighted by molar-refractivity contribution is 7.10. The van der Waals surface area contributed by atoms with Crippen LogP contribution in [0, 0.1) is 11.8 Å². The standard InChI is InChI=1S/C28H38NO4S/c30-27(28(31,26-13-7-20-34-26)23-9-3-1-4-10-23)33-25-21-29(17-14-22(25)15-18-29)16-8-19-32-24-11-5-2-6-12-24/h2,5-7,11-13,20,22-23,25,31H,1,3-4,8-10,14-19,21H2/q+1/t22?,25-,28-,29?/m0/s1. The Bertz CT molecular complexity index is 919. The maximum absolute atomic E-state index is 13.6. The number of aliphatic hydroxyl groups is 1. The number of para-hydroxylation sites is 1. The summed E-state index contributed by atoms with van der Waals surface area (Å²) in [6.45, 7) is 4.93. The summed E-state index contributed by atoms with van der Waals surface area (Å²) in [5.74, 6) is 0.878. The van der Waals surface area contributed by atoms with Crippen molar-refractivity contribution < 1.29 is 23.9 Å². The molecule has 1 saturated carbocycles. The van der Waals surface area contributed by atoms with Gasteiger partial charge in [-0.25, -0.2) is 4.79 Å². The molecule has 0 amide bonds. The number of nitrogens with zero attached hydrogens (tertiary/aromatic N) is 1. The Balaban J connectivity index is 1.22. The number of thiophene rings is 1. The molecule has 2 bridgehead atoms. The molecule has 4 aliphatic rings. The van der Waals surface area contributed by atoms with E-state index in [4.69, 9.17) is 9.47 Å². The lowest BCUT2D eigenvalue weighted by atomic mass is 9.75. The van der Waals surface area contributed by atoms with Crippen molar-refractivity contribution in [1.82, 2.24) is 0 Å². The first kappa shape index (κ1) is 23.8. The molecule has 184 valence electrons. The smallest absolute Gasteiger partial charge is 0.344 e. The third-order valence-corrected chi connectivity index (χ3v) is 9.49. The third-order valence-electron chi connectivity index (χ3n) is 8.49. The number of benzene rings is 1. The molecule has 3 aliphatic heterocycles. The minimum absolute atomic E-state index is 0.0493. The molecule has 0 unspecified atom stereocenters. The van der Waals surface area contributed by atoms with Crippen LogP contribution in [0.2, 0.25) is 0 Å². The molecular formula is C28H38NO4S+. The van der Waals surface area contributed by atoms with E-state index in [0.717, 1.165) is 86.2 Å². The molecule has 5 nitrogen and oxygen atoms in total. The number of hydrogen-bond donors (Lipinski definition) is 1. The van der Waals surface area contributed by atoms with E-state index in [-0.39, 0.29) is 12.0 Å². The summed E-state index contributed by atoms with van der Waals surface area (Å²) in [4.78, 5) is 14.4. The third kappa shape index (κ3) is 4.91. The Morgan fingerprint density at radius 2 is 1.79 bits per heavy atom. The summed E-state index contributed by atoms with van der Waals surface area (Å²) in [5, 5.41) is 13.8. The van der Waals surface area contributed by atoms with Crippen LogP contribution in [0.25, 0.3) is 0 Å². The van der Waals surface area contributed by atoms with Gasteiger partial charge in [0.25, 0.3) is 0 Å². The first-order valence-electron chi connectivity index (χ1n) is 13.1. The molecule has 6 heteroatoms. The predicted octanol–water partition coefficient (Wildman–Crippen LogP) is 5.14. The molecule has 34 heavy (non-hydrogen) atoms. The van der Waals surface area contributed by atoms with Gasteiger partial charge in [0.1, 0.15) is 12.3 Å². The fourth-order valence-electron chi connectivity index (χ4n) is 6.49. The highest BCUT2D eigenvalue weighted by atomic mass is 32.1. The predicted molar refractivity (Wildman–Crippen MR) is 134 cm³/mol. The van der Waals surface area contributed by atoms with Crippen molar-refractivity contribution in [3.8, 4) is 5.75 Å². The average Bonchev–Trinajstić information content (AvgIpc) is 3.44. The molecule has 1 aliphatic carbocycles. The lowest BCUT2D eigenvalue weighted by molar-refractivity contribution is -0.946. The van der Waals surface area contributed by atoms with Gasteiger partial charge < -0.3 is 19.1 Å². The summed E-state index contributed by atoms with van der Waals surface area (Å²) in [6, 6.07) is 13.8. The number of esters is 1. The molecule has 3 saturated heterocycles. The van der Waals surface area contributed by atoms with Crippen LogP contribution in [0.5, 0.6) is 5.75 Å². The molecule has 2 aromatic rings. The van der Waals surface area contributed by atoms with Gasteiger partial charge in [-0.2, -0.15) is 0 Å². The summed E-state index contributed by atoms with van der Waals surface area (Å²) < 4.78 is 13.2. The van der Waals surface area contributed by atoms with E-state index in [1.54, 1.807) is 0 Å². The molecule has 4 heterocycles. The number of piperidine rings is 3. The zero-order chi connectivity index (χ0) is 23.4. The van der Waals surface area contributed by atoms with Gasteiger partial charge in [-0.3, -0.25) is 0 Å². The normalized spacial score (nSPS) is 28.9. The largest absolute Gasteiger partial charge is 0.493 e. The SMILES string of the molecule is O=C(O[C@H]1C[N+]2(CCCOc3ccccc3)CCC1CC2)[C@@](O)(c1cccs1)C1CCCCC1. The summed E-state index contributed by atoms with van der Waals surface area (Å²) in [5.41, 5.74) is -1.50. The van der Waals surface area contributed by atoms with Gasteiger partial charge in [0, 0.05) is 36.0 Å². The van der Waals surface area contributed by atoms with Gasteiger partial charge in [0.2, 0.25) is 0 Å². The topological polar surface area (TPSA) is 55.8 Å². The average molecular weight is 485 g/mol. The Morgan fingerprint density at radius 1 is 1.03 bits per heavy atom. The number of rotatable bonds is 9. The van der Waals surface area contributed by atoms with E-state index in [0.29, 0.717) is 12.5 Å². The van der Waals surface area contributed by atoms with Gasteiger partial charge >= 0.3 is 5.97 Å². The van der Waals surface area contributed by atoms with Gasteiger partial charge in [-0.1, -0.05) is 43.5 Å². The van der Waals surface area contributed by atoms with Crippen LogP contribution in [0.3, 0.4) is 0 Å². The van der Waals surface area contributed by atoms with E-state index in [1.165, 1.54) is 17.8 Å². The van der Waals surface area contributed by atoms with Gasteiger partial charge in [0.15, 0.2) is 11.7 Å². The van der Waals surface area contributed by atoms with Crippen LogP contribution in [0.15, 0.2) is 47.8 Å². The number of hydrogen-bond acceptors (Lipinski definition) is 5. The molecule has 1 aromatic carbocycles. The highest BCUT2D eigenvalue weighted by Gasteiger charge is 2.52. The Morgan fingerprint density at radius 3 is 2.50 bits per heavy atom. The van der Waals surface area contributed by atoms with Crippen molar-refractivity contribution in [2.45, 2.75) is 63.1 Å². The maximum atomic E-state index is 13.6. The summed E-state index contributed by atoms with van der Waals surface area (Å²) >= 11 is 1.47. The minimum atomic E-state index is -1.50. The van der Waals surface area contributed by atoms with Gasteiger partial charge in [-0.15, -0.1) is 11.3 Å². The molecule has 1 N–H and O–H groups in total. The zero-order valence-corrected chi connectivity index (χ0v) is 20.9. The van der Waals surface area contributed by atoms with Crippen LogP contribution < -0.4 is 4.74 Å². The second-order valence-corrected chi connectivity index (χ2v) is 11.5. The van der Waals surface area contributed by atoms with E-state index in [2.05, 4.69) is 0 Å². The monoisotopic (exact) mass is 484 g/mol. The van der Waals surface area contributed by atoms with Gasteiger partial charge in [0.05, 0.1) is 26.2 Å². The van der Waals surface area contributed by atoms with Crippen LogP contribution in [-0.4, -0.2) is 54.4 Å². The van der Waals surface area contributed by atoms with Crippen molar-refractivity contribution in [2.24, 2.45) is 11.8 Å². The van der Waals surface area contributed by atoms with Crippen molar-refractivity contribution >= 4 is 17.3 Å². The van der Waals surface area contributed by atoms with Crippen LogP contribution in [0.1, 0.15) is 56.2 Å². The van der Waals surface area contributed by atoms with E-state index in [9.17, 15) is 9.90 Å². The zero-order valence-electron chi connectivity index (χ0n) is 20.1. The second kappa shape index (κ2) is 10.4. The molecule has 2 atom stereocenters. The van der Waals surface area contributed by atoms with Gasteiger partial charge in [-0.05, 0) is 36.4 Å². The molecule has 0 spiro atoms. The van der Waals surface area contributed by atoms with E-state index in [1.807, 2.05) is 47.8 Å². The van der Waals surface area contributed by atoms with Crippen molar-refractivity contribution in [3.05, 3.63) is 52.7 Å². The summed E-state index contributed by atoms with van der Waals surface area (Å²) in [7, 11) is 0. The van der Waals surface area contributed by atoms with Crippen LogP contribution in [-0.2, 0) is 15.1 Å². The van der Waals surface area contributed by atoms with Crippen molar-refractivity contribution in [1.29, 1.82) is 0 Å². The first-order valence-corrected chi connectivity index (χ1v) is 14.0. The lowest BCUT2D eigenvalue weighted by Crippen LogP contribution is -2.65. The number of carbonyl (C=O) groups is 1. The minimum Gasteiger partial charge on any atom is -0.493 e. The second-order valence-electron chi connectivity index (χ2n) is 10.6. The number of carbonyl (C=O) groups excluding carboxylic acids is 1. The van der Waals surface area contributed by atoms with E-state index < -0.39 is 11.6 Å². The van der Waals surface area contributed by atoms with Crippen LogP contribution in [0.4, 0.5) is 0 Å². The molecule has 1 aromatic heterocycles. The number of quaternary nitrogens is 1. The van der Waals surface area contributed by atoms with Crippen molar-refractivity contribution in [2.75, 3.05) is 32.8 Å². The first-order chi connectivity index (χ1) is 16.6. The Hall–Kier alpha value is -1.89. The van der Waals surface area contributed by atoms with Crippen LogP contribution >= 0.6 is 11.3 Å². The molecular weight excluding hydrogens is 446 g/mol. The van der Waals surface area contributed by atoms with Crippen molar-refractivity contribution in [3.63, 3.8) is 0 Å². The molecule has 4 fully saturated rings. The maximum Gasteiger partial charge on any atom is 0.344 e. The summed E-state index contributed by atoms with van der Waals surface area (Å²) in [6.07, 6.45) is 8.19. The quantitative estimate of drug-likeness (QED) is 0.304. The molecule has 0 radical (unpaired) electrons. The Kier molecular flexibility index (Phi) is 7.28. The molecule has 6 rings (SSSR count). The highest BCUT2D eigenvalue weighted by Crippen LogP contribution is 2.43. The van der Waals surface area contributed by atoms with E-state index >= 15 is 0 Å². The lowest BCUT2D eigenvalue weighted by Gasteiger charge is -2.52.